The Morgan fingerprint density at radius 3 is 2.76 bits per heavy atom. The lowest BCUT2D eigenvalue weighted by molar-refractivity contribution is -0.192. The summed E-state index contributed by atoms with van der Waals surface area (Å²) in [6, 6.07) is 13.2. The molecule has 0 aliphatic carbocycles. The van der Waals surface area contributed by atoms with E-state index in [-0.39, 0.29) is 6.10 Å². The minimum atomic E-state index is -0.967. The molecular formula is C21H22ClN3O4. The first-order valence-electron chi connectivity index (χ1n) is 9.26. The van der Waals surface area contributed by atoms with Gasteiger partial charge in [0, 0.05) is 17.7 Å². The van der Waals surface area contributed by atoms with Crippen molar-refractivity contribution in [3.8, 4) is 11.5 Å². The molecule has 0 spiro atoms. The standard InChI is InChI=1S/C21H22ClN3O4/c1-15-9-17(22)5-8-20(15)28-18-6-3-16(4-7-18)21(12-25-14-23-13-24-25)27-11-19(29-21)10-26-2/h3-9,13-14,19H,10-12H2,1-2H3. The van der Waals surface area contributed by atoms with Gasteiger partial charge in [-0.3, -0.25) is 0 Å². The number of aryl methyl sites for hydroxylation is 1. The fourth-order valence-corrected chi connectivity index (χ4v) is 3.54. The van der Waals surface area contributed by atoms with Gasteiger partial charge in [-0.1, -0.05) is 11.6 Å². The number of methoxy groups -OCH3 is 1. The van der Waals surface area contributed by atoms with Gasteiger partial charge in [-0.2, -0.15) is 5.10 Å². The Morgan fingerprint density at radius 1 is 1.24 bits per heavy atom. The van der Waals surface area contributed by atoms with Crippen molar-refractivity contribution in [3.05, 3.63) is 71.3 Å². The number of hydrogen-bond acceptors (Lipinski definition) is 6. The molecule has 1 aliphatic rings. The Morgan fingerprint density at radius 2 is 2.07 bits per heavy atom. The Hall–Kier alpha value is -2.45. The number of nitrogens with zero attached hydrogens (tertiary/aromatic N) is 3. The van der Waals surface area contributed by atoms with Crippen LogP contribution in [0.25, 0.3) is 0 Å². The molecule has 1 saturated heterocycles. The number of aromatic nitrogens is 3. The van der Waals surface area contributed by atoms with Gasteiger partial charge in [0.2, 0.25) is 5.79 Å². The molecule has 4 rings (SSSR count). The normalized spacial score (nSPS) is 21.4. The van der Waals surface area contributed by atoms with E-state index in [4.69, 9.17) is 30.5 Å². The van der Waals surface area contributed by atoms with Crippen molar-refractivity contribution in [1.29, 1.82) is 0 Å². The highest BCUT2D eigenvalue weighted by Gasteiger charge is 2.44. The lowest BCUT2D eigenvalue weighted by atomic mass is 10.1. The number of rotatable bonds is 7. The zero-order valence-electron chi connectivity index (χ0n) is 16.2. The van der Waals surface area contributed by atoms with Gasteiger partial charge >= 0.3 is 0 Å². The molecule has 2 heterocycles. The molecule has 0 bridgehead atoms. The topological polar surface area (TPSA) is 67.6 Å². The fraction of sp³-hybridized carbons (Fsp3) is 0.333. The largest absolute Gasteiger partial charge is 0.457 e. The summed E-state index contributed by atoms with van der Waals surface area (Å²) in [4.78, 5) is 4.01. The molecule has 152 valence electrons. The third kappa shape index (κ3) is 4.43. The van der Waals surface area contributed by atoms with Gasteiger partial charge in [-0.15, -0.1) is 0 Å². The van der Waals surface area contributed by atoms with Gasteiger partial charge < -0.3 is 18.9 Å². The van der Waals surface area contributed by atoms with Crippen LogP contribution in [0.5, 0.6) is 11.5 Å². The molecule has 0 amide bonds. The molecule has 0 saturated carbocycles. The van der Waals surface area contributed by atoms with E-state index in [1.165, 1.54) is 6.33 Å². The molecule has 0 N–H and O–H groups in total. The molecule has 2 unspecified atom stereocenters. The Balaban J connectivity index is 1.57. The van der Waals surface area contributed by atoms with Crippen molar-refractivity contribution in [2.24, 2.45) is 0 Å². The first-order chi connectivity index (χ1) is 14.1. The first-order valence-corrected chi connectivity index (χ1v) is 9.63. The molecule has 3 aromatic rings. The summed E-state index contributed by atoms with van der Waals surface area (Å²) in [5, 5.41) is 4.87. The zero-order valence-corrected chi connectivity index (χ0v) is 17.0. The smallest absolute Gasteiger partial charge is 0.215 e. The highest BCUT2D eigenvalue weighted by molar-refractivity contribution is 6.30. The van der Waals surface area contributed by atoms with Gasteiger partial charge in [0.05, 0.1) is 13.2 Å². The molecule has 1 aromatic heterocycles. The van der Waals surface area contributed by atoms with Gasteiger partial charge in [0.25, 0.3) is 0 Å². The molecule has 2 atom stereocenters. The van der Waals surface area contributed by atoms with E-state index in [0.29, 0.717) is 30.5 Å². The molecule has 1 aliphatic heterocycles. The lowest BCUT2D eigenvalue weighted by Gasteiger charge is -2.28. The van der Waals surface area contributed by atoms with Crippen LogP contribution in [0, 0.1) is 6.92 Å². The van der Waals surface area contributed by atoms with Crippen LogP contribution in [0.3, 0.4) is 0 Å². The summed E-state index contributed by atoms with van der Waals surface area (Å²) < 4.78 is 25.3. The minimum absolute atomic E-state index is 0.156. The van der Waals surface area contributed by atoms with Crippen LogP contribution >= 0.6 is 11.6 Å². The summed E-state index contributed by atoms with van der Waals surface area (Å²) in [7, 11) is 1.64. The van der Waals surface area contributed by atoms with Crippen LogP contribution in [-0.4, -0.2) is 41.2 Å². The van der Waals surface area contributed by atoms with Gasteiger partial charge in [0.1, 0.15) is 36.8 Å². The van der Waals surface area contributed by atoms with Gasteiger partial charge in [0.15, 0.2) is 0 Å². The fourth-order valence-electron chi connectivity index (χ4n) is 3.32. The van der Waals surface area contributed by atoms with E-state index >= 15 is 0 Å². The monoisotopic (exact) mass is 415 g/mol. The van der Waals surface area contributed by atoms with Crippen LogP contribution in [0.1, 0.15) is 11.1 Å². The van der Waals surface area contributed by atoms with E-state index in [1.807, 2.05) is 49.4 Å². The summed E-state index contributed by atoms with van der Waals surface area (Å²) in [5.74, 6) is 0.500. The second kappa shape index (κ2) is 8.51. The number of halogens is 1. The Kier molecular flexibility index (Phi) is 5.82. The average molecular weight is 416 g/mol. The second-order valence-electron chi connectivity index (χ2n) is 6.89. The maximum atomic E-state index is 6.25. The van der Waals surface area contributed by atoms with Crippen molar-refractivity contribution < 1.29 is 18.9 Å². The molecule has 0 radical (unpaired) electrons. The summed E-state index contributed by atoms with van der Waals surface area (Å²) in [6.45, 7) is 3.23. The summed E-state index contributed by atoms with van der Waals surface area (Å²) in [6.07, 6.45) is 2.97. The number of hydrogen-bond donors (Lipinski definition) is 0. The highest BCUT2D eigenvalue weighted by Crippen LogP contribution is 2.37. The zero-order chi connectivity index (χ0) is 20.3. The molecular weight excluding hydrogens is 394 g/mol. The van der Waals surface area contributed by atoms with E-state index in [0.717, 1.165) is 16.9 Å². The van der Waals surface area contributed by atoms with Gasteiger partial charge in [-0.05, 0) is 55.0 Å². The maximum Gasteiger partial charge on any atom is 0.215 e. The number of ether oxygens (including phenoxy) is 4. The first kappa shape index (κ1) is 19.8. The van der Waals surface area contributed by atoms with E-state index in [2.05, 4.69) is 10.1 Å². The maximum absolute atomic E-state index is 6.25. The van der Waals surface area contributed by atoms with Gasteiger partial charge in [-0.25, -0.2) is 9.67 Å². The third-order valence-electron chi connectivity index (χ3n) is 4.71. The minimum Gasteiger partial charge on any atom is -0.457 e. The second-order valence-corrected chi connectivity index (χ2v) is 7.32. The predicted molar refractivity (Wildman–Crippen MR) is 107 cm³/mol. The third-order valence-corrected chi connectivity index (χ3v) is 4.94. The SMILES string of the molecule is COCC1COC(Cn2cncn2)(c2ccc(Oc3ccc(Cl)cc3C)cc2)O1. The van der Waals surface area contributed by atoms with Crippen LogP contribution in [-0.2, 0) is 26.5 Å². The highest BCUT2D eigenvalue weighted by atomic mass is 35.5. The Bertz CT molecular complexity index is 949. The van der Waals surface area contributed by atoms with Crippen molar-refractivity contribution in [1.82, 2.24) is 14.8 Å². The van der Waals surface area contributed by atoms with Crippen LogP contribution in [0.15, 0.2) is 55.1 Å². The Labute approximate surface area is 174 Å². The van der Waals surface area contributed by atoms with Crippen molar-refractivity contribution in [2.45, 2.75) is 25.4 Å². The molecule has 2 aromatic carbocycles. The summed E-state index contributed by atoms with van der Waals surface area (Å²) in [5.41, 5.74) is 1.83. The van der Waals surface area contributed by atoms with E-state index in [1.54, 1.807) is 18.1 Å². The predicted octanol–water partition coefficient (Wildman–Crippen LogP) is 3.95. The van der Waals surface area contributed by atoms with Crippen molar-refractivity contribution in [3.63, 3.8) is 0 Å². The average Bonchev–Trinajstić information content (AvgIpc) is 3.36. The van der Waals surface area contributed by atoms with Crippen molar-refractivity contribution >= 4 is 11.6 Å². The van der Waals surface area contributed by atoms with E-state index < -0.39 is 5.79 Å². The molecule has 7 nitrogen and oxygen atoms in total. The molecule has 8 heteroatoms. The van der Waals surface area contributed by atoms with Crippen LogP contribution in [0.4, 0.5) is 0 Å². The van der Waals surface area contributed by atoms with Crippen molar-refractivity contribution in [2.75, 3.05) is 20.3 Å². The molecule has 29 heavy (non-hydrogen) atoms. The van der Waals surface area contributed by atoms with E-state index in [9.17, 15) is 0 Å². The van der Waals surface area contributed by atoms with Crippen LogP contribution in [0.2, 0.25) is 5.02 Å². The molecule has 1 fully saturated rings. The quantitative estimate of drug-likeness (QED) is 0.582. The van der Waals surface area contributed by atoms with Crippen LogP contribution < -0.4 is 4.74 Å². The number of benzene rings is 2. The summed E-state index contributed by atoms with van der Waals surface area (Å²) >= 11 is 6.02. The lowest BCUT2D eigenvalue weighted by Crippen LogP contribution is -2.34.